The summed E-state index contributed by atoms with van der Waals surface area (Å²) < 4.78 is 5.38. The summed E-state index contributed by atoms with van der Waals surface area (Å²) in [6, 6.07) is 5.09. The minimum Gasteiger partial charge on any atom is -0.492 e. The van der Waals surface area contributed by atoms with Gasteiger partial charge in [0.15, 0.2) is 0 Å². The molecule has 1 aliphatic rings. The van der Waals surface area contributed by atoms with Crippen molar-refractivity contribution in [3.63, 3.8) is 0 Å². The van der Waals surface area contributed by atoms with Gasteiger partial charge in [-0.25, -0.2) is 0 Å². The number of carbonyl (C=O) groups is 2. The van der Waals surface area contributed by atoms with Crippen LogP contribution >= 0.6 is 11.6 Å². The van der Waals surface area contributed by atoms with Crippen LogP contribution in [0.1, 0.15) is 30.6 Å². The first-order valence-corrected chi connectivity index (χ1v) is 7.88. The standard InChI is InChI=1S/C16H21ClN2O3/c1-3-22-15-6-5-13(11-14(15)17)16(21)19-8-4-7-18(9-10-19)12(2)20/h5-6,11H,3-4,7-10H2,1-2H3. The Hall–Kier alpha value is -1.75. The van der Waals surface area contributed by atoms with Gasteiger partial charge in [0, 0.05) is 38.7 Å². The second-order valence-electron chi connectivity index (χ2n) is 5.23. The maximum absolute atomic E-state index is 12.6. The number of amides is 2. The number of hydrogen-bond acceptors (Lipinski definition) is 3. The van der Waals surface area contributed by atoms with Crippen LogP contribution in [0.25, 0.3) is 0 Å². The molecule has 0 spiro atoms. The largest absolute Gasteiger partial charge is 0.492 e. The zero-order valence-corrected chi connectivity index (χ0v) is 13.7. The Kier molecular flexibility index (Phi) is 5.66. The Morgan fingerprint density at radius 2 is 1.86 bits per heavy atom. The molecule has 0 unspecified atom stereocenters. The third-order valence-electron chi connectivity index (χ3n) is 3.71. The van der Waals surface area contributed by atoms with Gasteiger partial charge in [0.25, 0.3) is 5.91 Å². The molecular weight excluding hydrogens is 304 g/mol. The summed E-state index contributed by atoms with van der Waals surface area (Å²) in [5, 5.41) is 0.438. The third-order valence-corrected chi connectivity index (χ3v) is 4.00. The predicted molar refractivity (Wildman–Crippen MR) is 85.4 cm³/mol. The third kappa shape index (κ3) is 3.91. The van der Waals surface area contributed by atoms with Crippen LogP contribution in [0.3, 0.4) is 0 Å². The minimum atomic E-state index is -0.0599. The molecular formula is C16H21ClN2O3. The van der Waals surface area contributed by atoms with Crippen LogP contribution in [0.4, 0.5) is 0 Å². The molecule has 0 atom stereocenters. The van der Waals surface area contributed by atoms with Crippen molar-refractivity contribution >= 4 is 23.4 Å². The molecule has 1 aromatic rings. The second-order valence-corrected chi connectivity index (χ2v) is 5.64. The topological polar surface area (TPSA) is 49.9 Å². The van der Waals surface area contributed by atoms with Gasteiger partial charge >= 0.3 is 0 Å². The molecule has 2 amide bonds. The summed E-state index contributed by atoms with van der Waals surface area (Å²) in [7, 11) is 0. The van der Waals surface area contributed by atoms with E-state index in [0.717, 1.165) is 6.42 Å². The van der Waals surface area contributed by atoms with Crippen LogP contribution in [0.15, 0.2) is 18.2 Å². The Bertz CT molecular complexity index is 562. The van der Waals surface area contributed by atoms with Gasteiger partial charge in [0.1, 0.15) is 5.75 Å². The molecule has 0 aliphatic carbocycles. The minimum absolute atomic E-state index is 0.0541. The van der Waals surface area contributed by atoms with Crippen LogP contribution in [-0.2, 0) is 4.79 Å². The molecule has 5 nitrogen and oxygen atoms in total. The normalized spacial score (nSPS) is 15.4. The van der Waals surface area contributed by atoms with Gasteiger partial charge in [-0.3, -0.25) is 9.59 Å². The molecule has 0 bridgehead atoms. The molecule has 6 heteroatoms. The number of hydrogen-bond donors (Lipinski definition) is 0. The summed E-state index contributed by atoms with van der Waals surface area (Å²) in [6.07, 6.45) is 0.788. The molecule has 0 saturated carbocycles. The fourth-order valence-corrected chi connectivity index (χ4v) is 2.76. The van der Waals surface area contributed by atoms with Gasteiger partial charge in [-0.05, 0) is 31.5 Å². The van der Waals surface area contributed by atoms with Crippen molar-refractivity contribution < 1.29 is 14.3 Å². The van der Waals surface area contributed by atoms with Gasteiger partial charge in [0.2, 0.25) is 5.91 Å². The van der Waals surface area contributed by atoms with Crippen molar-refractivity contribution in [1.29, 1.82) is 0 Å². The van der Waals surface area contributed by atoms with E-state index >= 15 is 0 Å². The maximum atomic E-state index is 12.6. The summed E-state index contributed by atoms with van der Waals surface area (Å²) in [5.41, 5.74) is 0.546. The second kappa shape index (κ2) is 7.49. The first-order valence-electron chi connectivity index (χ1n) is 7.50. The molecule has 22 heavy (non-hydrogen) atoms. The lowest BCUT2D eigenvalue weighted by atomic mass is 10.2. The van der Waals surface area contributed by atoms with E-state index < -0.39 is 0 Å². The molecule has 120 valence electrons. The summed E-state index contributed by atoms with van der Waals surface area (Å²) in [4.78, 5) is 27.6. The van der Waals surface area contributed by atoms with Crippen molar-refractivity contribution in [2.75, 3.05) is 32.8 Å². The molecule has 0 radical (unpaired) electrons. The van der Waals surface area contributed by atoms with Crippen LogP contribution in [0.5, 0.6) is 5.75 Å². The number of carbonyl (C=O) groups excluding carboxylic acids is 2. The van der Waals surface area contributed by atoms with Gasteiger partial charge in [-0.15, -0.1) is 0 Å². The van der Waals surface area contributed by atoms with E-state index in [2.05, 4.69) is 0 Å². The van der Waals surface area contributed by atoms with E-state index in [4.69, 9.17) is 16.3 Å². The quantitative estimate of drug-likeness (QED) is 0.858. The van der Waals surface area contributed by atoms with Gasteiger partial charge in [-0.1, -0.05) is 11.6 Å². The van der Waals surface area contributed by atoms with Gasteiger partial charge < -0.3 is 14.5 Å². The number of ether oxygens (including phenoxy) is 1. The van der Waals surface area contributed by atoms with Crippen molar-refractivity contribution in [2.45, 2.75) is 20.3 Å². The first-order chi connectivity index (χ1) is 10.5. The molecule has 1 saturated heterocycles. The fourth-order valence-electron chi connectivity index (χ4n) is 2.52. The monoisotopic (exact) mass is 324 g/mol. The molecule has 1 fully saturated rings. The highest BCUT2D eigenvalue weighted by Crippen LogP contribution is 2.26. The van der Waals surface area contributed by atoms with Crippen LogP contribution in [0, 0.1) is 0 Å². The van der Waals surface area contributed by atoms with Crippen LogP contribution in [0.2, 0.25) is 5.02 Å². The average Bonchev–Trinajstić information content (AvgIpc) is 2.75. The van der Waals surface area contributed by atoms with E-state index in [1.165, 1.54) is 0 Å². The van der Waals surface area contributed by atoms with Crippen molar-refractivity contribution in [1.82, 2.24) is 9.80 Å². The lowest BCUT2D eigenvalue weighted by Gasteiger charge is -2.21. The van der Waals surface area contributed by atoms with Crippen molar-refractivity contribution in [3.8, 4) is 5.75 Å². The smallest absolute Gasteiger partial charge is 0.253 e. The fraction of sp³-hybridized carbons (Fsp3) is 0.500. The predicted octanol–water partition coefficient (Wildman–Crippen LogP) is 2.43. The summed E-state index contributed by atoms with van der Waals surface area (Å²) in [6.45, 7) is 6.43. The number of rotatable bonds is 3. The molecule has 0 N–H and O–H groups in total. The molecule has 2 rings (SSSR count). The Morgan fingerprint density at radius 1 is 1.18 bits per heavy atom. The average molecular weight is 325 g/mol. The van der Waals surface area contributed by atoms with E-state index in [1.807, 2.05) is 6.92 Å². The van der Waals surface area contributed by atoms with E-state index in [0.29, 0.717) is 49.1 Å². The lowest BCUT2D eigenvalue weighted by molar-refractivity contribution is -0.128. The van der Waals surface area contributed by atoms with Crippen molar-refractivity contribution in [3.05, 3.63) is 28.8 Å². The number of nitrogens with zero attached hydrogens (tertiary/aromatic N) is 2. The van der Waals surface area contributed by atoms with Crippen molar-refractivity contribution in [2.24, 2.45) is 0 Å². The van der Waals surface area contributed by atoms with E-state index in [1.54, 1.807) is 34.9 Å². The Labute approximate surface area is 135 Å². The molecule has 1 aliphatic heterocycles. The first kappa shape index (κ1) is 16.6. The summed E-state index contributed by atoms with van der Waals surface area (Å²) in [5.74, 6) is 0.577. The van der Waals surface area contributed by atoms with Crippen LogP contribution < -0.4 is 4.74 Å². The maximum Gasteiger partial charge on any atom is 0.253 e. The zero-order chi connectivity index (χ0) is 16.1. The van der Waals surface area contributed by atoms with Gasteiger partial charge in [0.05, 0.1) is 11.6 Å². The van der Waals surface area contributed by atoms with E-state index in [-0.39, 0.29) is 11.8 Å². The molecule has 1 aromatic carbocycles. The highest BCUT2D eigenvalue weighted by Gasteiger charge is 2.21. The molecule has 0 aromatic heterocycles. The summed E-state index contributed by atoms with van der Waals surface area (Å²) >= 11 is 6.14. The Balaban J connectivity index is 2.08. The van der Waals surface area contributed by atoms with Gasteiger partial charge in [-0.2, -0.15) is 0 Å². The number of benzene rings is 1. The highest BCUT2D eigenvalue weighted by atomic mass is 35.5. The number of halogens is 1. The SMILES string of the molecule is CCOc1ccc(C(=O)N2CCCN(C(C)=O)CC2)cc1Cl. The molecule has 1 heterocycles. The Morgan fingerprint density at radius 3 is 2.50 bits per heavy atom. The highest BCUT2D eigenvalue weighted by molar-refractivity contribution is 6.32. The van der Waals surface area contributed by atoms with E-state index in [9.17, 15) is 9.59 Å². The lowest BCUT2D eigenvalue weighted by Crippen LogP contribution is -2.36. The zero-order valence-electron chi connectivity index (χ0n) is 13.0. The van der Waals surface area contributed by atoms with Crippen LogP contribution in [-0.4, -0.2) is 54.4 Å².